The molecule has 0 N–H and O–H groups in total. The van der Waals surface area contributed by atoms with E-state index in [-0.39, 0.29) is 14.8 Å². The van der Waals surface area contributed by atoms with Crippen LogP contribution in [0.5, 0.6) is 0 Å². The van der Waals surface area contributed by atoms with E-state index in [2.05, 4.69) is 4.98 Å². The van der Waals surface area contributed by atoms with Crippen molar-refractivity contribution >= 4 is 21.4 Å². The summed E-state index contributed by atoms with van der Waals surface area (Å²) in [7, 11) is -3.56. The van der Waals surface area contributed by atoms with Gasteiger partial charge in [0.1, 0.15) is 0 Å². The first-order valence-corrected chi connectivity index (χ1v) is 6.79. The number of hydrogen-bond acceptors (Lipinski definition) is 3. The van der Waals surface area contributed by atoms with Crippen LogP contribution >= 0.6 is 11.6 Å². The van der Waals surface area contributed by atoms with E-state index in [9.17, 15) is 8.42 Å². The van der Waals surface area contributed by atoms with Gasteiger partial charge in [0.2, 0.25) is 9.84 Å². The summed E-state index contributed by atoms with van der Waals surface area (Å²) in [6.45, 7) is 1.90. The molecule has 0 saturated heterocycles. The predicted molar refractivity (Wildman–Crippen MR) is 65.9 cm³/mol. The van der Waals surface area contributed by atoms with Gasteiger partial charge in [0.05, 0.1) is 14.8 Å². The lowest BCUT2D eigenvalue weighted by molar-refractivity contribution is 0.596. The van der Waals surface area contributed by atoms with E-state index in [4.69, 9.17) is 11.6 Å². The van der Waals surface area contributed by atoms with Crippen LogP contribution in [0.15, 0.2) is 52.5 Å². The van der Waals surface area contributed by atoms with Crippen molar-refractivity contribution in [3.8, 4) is 0 Å². The summed E-state index contributed by atoms with van der Waals surface area (Å²) in [5.74, 6) is 0. The number of pyridine rings is 1. The minimum absolute atomic E-state index is 0.0815. The van der Waals surface area contributed by atoms with Crippen LogP contribution in [-0.2, 0) is 9.84 Å². The van der Waals surface area contributed by atoms with Gasteiger partial charge >= 0.3 is 0 Å². The van der Waals surface area contributed by atoms with Gasteiger partial charge in [-0.3, -0.25) is 4.98 Å². The van der Waals surface area contributed by atoms with Gasteiger partial charge in [-0.05, 0) is 25.1 Å². The van der Waals surface area contributed by atoms with E-state index in [0.717, 1.165) is 5.56 Å². The lowest BCUT2D eigenvalue weighted by Crippen LogP contribution is -2.02. The van der Waals surface area contributed by atoms with Crippen molar-refractivity contribution in [2.75, 3.05) is 0 Å². The van der Waals surface area contributed by atoms with Crippen molar-refractivity contribution in [2.45, 2.75) is 16.7 Å². The molecule has 0 radical (unpaired) electrons. The summed E-state index contributed by atoms with van der Waals surface area (Å²) in [6.07, 6.45) is 2.73. The molecule has 0 aliphatic carbocycles. The monoisotopic (exact) mass is 267 g/mol. The number of benzene rings is 1. The first-order chi connectivity index (χ1) is 8.01. The van der Waals surface area contributed by atoms with E-state index >= 15 is 0 Å². The van der Waals surface area contributed by atoms with Crippen molar-refractivity contribution in [3.63, 3.8) is 0 Å². The highest BCUT2D eigenvalue weighted by molar-refractivity contribution is 7.91. The minimum Gasteiger partial charge on any atom is -0.263 e. The van der Waals surface area contributed by atoms with Crippen LogP contribution in [0.1, 0.15) is 5.56 Å². The van der Waals surface area contributed by atoms with Gasteiger partial charge in [-0.15, -0.1) is 0 Å². The highest BCUT2D eigenvalue weighted by Gasteiger charge is 2.20. The van der Waals surface area contributed by atoms with Gasteiger partial charge in [-0.2, -0.15) is 0 Å². The summed E-state index contributed by atoms with van der Waals surface area (Å²) >= 11 is 5.85. The van der Waals surface area contributed by atoms with E-state index < -0.39 is 9.84 Å². The SMILES string of the molecule is Cc1ccc(S(=O)(=O)c2ccncc2Cl)cc1. The van der Waals surface area contributed by atoms with Crippen LogP contribution in [0.25, 0.3) is 0 Å². The molecule has 88 valence electrons. The molecule has 0 aliphatic rings. The van der Waals surface area contributed by atoms with Gasteiger partial charge in [0.15, 0.2) is 0 Å². The molecule has 0 spiro atoms. The fraction of sp³-hybridized carbons (Fsp3) is 0.0833. The van der Waals surface area contributed by atoms with Gasteiger partial charge in [0.25, 0.3) is 0 Å². The van der Waals surface area contributed by atoms with Crippen molar-refractivity contribution in [1.82, 2.24) is 4.98 Å². The maximum atomic E-state index is 12.3. The zero-order valence-corrected chi connectivity index (χ0v) is 10.7. The number of sulfone groups is 1. The summed E-state index contributed by atoms with van der Waals surface area (Å²) in [5, 5.41) is 0.132. The molecule has 1 aromatic carbocycles. The molecule has 1 heterocycles. The molecule has 0 amide bonds. The molecule has 0 bridgehead atoms. The van der Waals surface area contributed by atoms with E-state index in [0.29, 0.717) is 0 Å². The first-order valence-electron chi connectivity index (χ1n) is 4.93. The highest BCUT2D eigenvalue weighted by Crippen LogP contribution is 2.26. The third-order valence-electron chi connectivity index (χ3n) is 2.36. The Hall–Kier alpha value is -1.39. The van der Waals surface area contributed by atoms with Crippen molar-refractivity contribution < 1.29 is 8.42 Å². The second-order valence-electron chi connectivity index (χ2n) is 3.62. The quantitative estimate of drug-likeness (QED) is 0.841. The second kappa shape index (κ2) is 4.47. The van der Waals surface area contributed by atoms with Crippen LogP contribution in [-0.4, -0.2) is 13.4 Å². The Labute approximate surface area is 105 Å². The molecule has 1 aromatic heterocycles. The maximum Gasteiger partial charge on any atom is 0.208 e. The molecule has 0 saturated carbocycles. The fourth-order valence-corrected chi connectivity index (χ4v) is 3.15. The summed E-state index contributed by atoms with van der Waals surface area (Å²) < 4.78 is 24.5. The Bertz CT molecular complexity index is 636. The van der Waals surface area contributed by atoms with Crippen LogP contribution in [0.4, 0.5) is 0 Å². The molecule has 17 heavy (non-hydrogen) atoms. The minimum atomic E-state index is -3.56. The number of rotatable bonds is 2. The Morgan fingerprint density at radius 1 is 1.12 bits per heavy atom. The molecule has 0 atom stereocenters. The molecule has 3 nitrogen and oxygen atoms in total. The first kappa shape index (κ1) is 12.1. The number of hydrogen-bond donors (Lipinski definition) is 0. The maximum absolute atomic E-state index is 12.3. The summed E-state index contributed by atoms with van der Waals surface area (Å²) in [5.41, 5.74) is 1.00. The van der Waals surface area contributed by atoms with E-state index in [1.165, 1.54) is 18.5 Å². The standard InChI is InChI=1S/C12H10ClNO2S/c1-9-2-4-10(5-3-9)17(15,16)12-6-7-14-8-11(12)13/h2-8H,1H3. The molecule has 2 aromatic rings. The number of halogens is 1. The number of aryl methyl sites for hydroxylation is 1. The molecule has 0 fully saturated rings. The Morgan fingerprint density at radius 3 is 2.35 bits per heavy atom. The highest BCUT2D eigenvalue weighted by atomic mass is 35.5. The van der Waals surface area contributed by atoms with Crippen molar-refractivity contribution in [1.29, 1.82) is 0 Å². The van der Waals surface area contributed by atoms with Crippen molar-refractivity contribution in [3.05, 3.63) is 53.3 Å². The Balaban J connectivity index is 2.58. The number of aromatic nitrogens is 1. The zero-order valence-electron chi connectivity index (χ0n) is 9.09. The largest absolute Gasteiger partial charge is 0.263 e. The van der Waals surface area contributed by atoms with Gasteiger partial charge in [-0.25, -0.2) is 8.42 Å². The zero-order chi connectivity index (χ0) is 12.5. The lowest BCUT2D eigenvalue weighted by Gasteiger charge is -2.06. The third kappa shape index (κ3) is 2.33. The lowest BCUT2D eigenvalue weighted by atomic mass is 10.2. The van der Waals surface area contributed by atoms with E-state index in [1.807, 2.05) is 6.92 Å². The smallest absolute Gasteiger partial charge is 0.208 e. The predicted octanol–water partition coefficient (Wildman–Crippen LogP) is 2.88. The van der Waals surface area contributed by atoms with Crippen LogP contribution in [0.2, 0.25) is 5.02 Å². The second-order valence-corrected chi connectivity index (χ2v) is 5.95. The molecule has 2 rings (SSSR count). The average molecular weight is 268 g/mol. The Kier molecular flexibility index (Phi) is 3.17. The van der Waals surface area contributed by atoms with Gasteiger partial charge in [-0.1, -0.05) is 29.3 Å². The molecule has 0 unspecified atom stereocenters. The normalized spacial score (nSPS) is 11.4. The van der Waals surface area contributed by atoms with Crippen LogP contribution in [0, 0.1) is 6.92 Å². The molecule has 5 heteroatoms. The third-order valence-corrected chi connectivity index (χ3v) is 4.60. The van der Waals surface area contributed by atoms with Gasteiger partial charge in [0, 0.05) is 12.4 Å². The summed E-state index contributed by atoms with van der Waals surface area (Å²) in [4.78, 5) is 4.08. The topological polar surface area (TPSA) is 47.0 Å². The Morgan fingerprint density at radius 2 is 1.76 bits per heavy atom. The van der Waals surface area contributed by atoms with Gasteiger partial charge < -0.3 is 0 Å². The number of nitrogens with zero attached hydrogens (tertiary/aromatic N) is 1. The molecular weight excluding hydrogens is 258 g/mol. The molecular formula is C12H10ClNO2S. The van der Waals surface area contributed by atoms with Crippen LogP contribution < -0.4 is 0 Å². The molecule has 0 aliphatic heterocycles. The van der Waals surface area contributed by atoms with Crippen LogP contribution in [0.3, 0.4) is 0 Å². The van der Waals surface area contributed by atoms with E-state index in [1.54, 1.807) is 24.3 Å². The van der Waals surface area contributed by atoms with Crippen molar-refractivity contribution in [2.24, 2.45) is 0 Å². The fourth-order valence-electron chi connectivity index (χ4n) is 1.42. The summed E-state index contributed by atoms with van der Waals surface area (Å²) in [6, 6.07) is 8.05. The average Bonchev–Trinajstić information content (AvgIpc) is 2.30.